The Morgan fingerprint density at radius 1 is 1.35 bits per heavy atom. The van der Waals surface area contributed by atoms with Crippen LogP contribution in [-0.2, 0) is 4.79 Å². The molecule has 0 saturated carbocycles. The van der Waals surface area contributed by atoms with Crippen molar-refractivity contribution in [1.29, 1.82) is 5.26 Å². The molecule has 1 aromatic heterocycles. The summed E-state index contributed by atoms with van der Waals surface area (Å²) >= 11 is 1.22. The number of methoxy groups -OCH3 is 1. The second kappa shape index (κ2) is 8.02. The molecular formula is C19H20N2O4S. The van der Waals surface area contributed by atoms with E-state index < -0.39 is 5.41 Å². The Kier molecular flexibility index (Phi) is 6.01. The molecule has 0 fully saturated rings. The highest BCUT2D eigenvalue weighted by Crippen LogP contribution is 2.28. The van der Waals surface area contributed by atoms with Crippen molar-refractivity contribution in [3.05, 3.63) is 43.3 Å². The van der Waals surface area contributed by atoms with Crippen LogP contribution in [0.15, 0.2) is 23.0 Å². The molecule has 0 saturated heterocycles. The number of nitriles is 1. The van der Waals surface area contributed by atoms with Gasteiger partial charge in [-0.25, -0.2) is 0 Å². The maximum Gasteiger partial charge on any atom is 0.266 e. The molecule has 0 aliphatic rings. The van der Waals surface area contributed by atoms with Crippen LogP contribution in [0.5, 0.6) is 11.5 Å². The van der Waals surface area contributed by atoms with Crippen LogP contribution in [0, 0.1) is 16.7 Å². The second-order valence-corrected chi connectivity index (χ2v) is 7.63. The summed E-state index contributed by atoms with van der Waals surface area (Å²) in [4.78, 5) is 26.9. The van der Waals surface area contributed by atoms with Crippen molar-refractivity contribution in [3.63, 3.8) is 0 Å². The number of Topliss-reactive ketones (excluding diaryl/α,β-unsaturated/α-hetero) is 1. The minimum Gasteiger partial charge on any atom is -0.493 e. The lowest BCUT2D eigenvalue weighted by molar-refractivity contribution is -0.119. The van der Waals surface area contributed by atoms with Gasteiger partial charge in [-0.05, 0) is 23.8 Å². The normalized spacial score (nSPS) is 12.7. The van der Waals surface area contributed by atoms with Crippen molar-refractivity contribution < 1.29 is 14.3 Å². The topological polar surface area (TPSA) is 92.2 Å². The molecule has 1 aromatic carbocycles. The van der Waals surface area contributed by atoms with Crippen LogP contribution in [0.3, 0.4) is 0 Å². The van der Waals surface area contributed by atoms with E-state index in [2.05, 4.69) is 4.98 Å². The Balaban J connectivity index is 2.42. The monoisotopic (exact) mass is 372 g/mol. The van der Waals surface area contributed by atoms with Crippen LogP contribution < -0.4 is 24.2 Å². The number of aromatic nitrogens is 1. The quantitative estimate of drug-likeness (QED) is 0.860. The number of nitrogens with one attached hydrogen (secondary N) is 1. The first-order valence-electron chi connectivity index (χ1n) is 7.89. The zero-order valence-electron chi connectivity index (χ0n) is 15.1. The number of nitrogens with zero attached hydrogens (tertiary/aromatic N) is 1. The average Bonchev–Trinajstić information content (AvgIpc) is 2.91. The van der Waals surface area contributed by atoms with Crippen molar-refractivity contribution in [1.82, 2.24) is 4.98 Å². The fourth-order valence-corrected chi connectivity index (χ4v) is 2.90. The molecule has 0 spiro atoms. The third kappa shape index (κ3) is 4.83. The van der Waals surface area contributed by atoms with E-state index in [9.17, 15) is 9.59 Å². The van der Waals surface area contributed by atoms with Gasteiger partial charge in [0.1, 0.15) is 6.07 Å². The molecule has 26 heavy (non-hydrogen) atoms. The third-order valence-electron chi connectivity index (χ3n) is 3.46. The highest BCUT2D eigenvalue weighted by molar-refractivity contribution is 7.07. The van der Waals surface area contributed by atoms with Gasteiger partial charge >= 0.3 is 0 Å². The molecule has 2 aromatic rings. The van der Waals surface area contributed by atoms with Crippen LogP contribution in [0.1, 0.15) is 26.3 Å². The van der Waals surface area contributed by atoms with E-state index in [0.717, 1.165) is 5.56 Å². The Bertz CT molecular complexity index is 1020. The predicted octanol–water partition coefficient (Wildman–Crippen LogP) is 1.57. The lowest BCUT2D eigenvalue weighted by Crippen LogP contribution is -2.22. The zero-order chi connectivity index (χ0) is 19.3. The Labute approximate surface area is 155 Å². The molecule has 0 radical (unpaired) electrons. The Hall–Kier alpha value is -2.85. The highest BCUT2D eigenvalue weighted by atomic mass is 32.1. The summed E-state index contributed by atoms with van der Waals surface area (Å²) < 4.78 is 11.5. The van der Waals surface area contributed by atoms with Crippen molar-refractivity contribution in [2.24, 2.45) is 5.41 Å². The van der Waals surface area contributed by atoms with Crippen molar-refractivity contribution in [2.75, 3.05) is 13.7 Å². The molecule has 0 bridgehead atoms. The van der Waals surface area contributed by atoms with E-state index in [4.69, 9.17) is 14.7 Å². The Morgan fingerprint density at radius 2 is 2.08 bits per heavy atom. The second-order valence-electron chi connectivity index (χ2n) is 6.54. The lowest BCUT2D eigenvalue weighted by Gasteiger charge is -2.12. The summed E-state index contributed by atoms with van der Waals surface area (Å²) in [6, 6.07) is 7.06. The maximum atomic E-state index is 12.1. The summed E-state index contributed by atoms with van der Waals surface area (Å²) in [5.74, 6) is 0.870. The number of hydrogen-bond acceptors (Lipinski definition) is 6. The van der Waals surface area contributed by atoms with Crippen LogP contribution in [0.2, 0.25) is 0 Å². The fraction of sp³-hybridized carbons (Fsp3) is 0.316. The standard InChI is InChI=1S/C19H20N2O4S/c1-19(2,3)16(22)11-17-21-18(23)15(26-17)10-12-5-6-13(25-8-7-20)14(9-12)24-4/h5-6,9-11H,8H2,1-4H3,(H,21,23)/b15-10+,17-11+. The number of thiazole rings is 1. The molecule has 0 amide bonds. The highest BCUT2D eigenvalue weighted by Gasteiger charge is 2.18. The van der Waals surface area contributed by atoms with Gasteiger partial charge in [0.05, 0.1) is 16.3 Å². The van der Waals surface area contributed by atoms with Crippen LogP contribution in [0.4, 0.5) is 0 Å². The van der Waals surface area contributed by atoms with Gasteiger partial charge in [-0.2, -0.15) is 5.26 Å². The molecule has 0 aliphatic heterocycles. The summed E-state index contributed by atoms with van der Waals surface area (Å²) in [6.07, 6.45) is 3.17. The van der Waals surface area contributed by atoms with Crippen LogP contribution >= 0.6 is 11.3 Å². The zero-order valence-corrected chi connectivity index (χ0v) is 15.9. The SMILES string of the molecule is COc1cc(/C=c2/s/c(=C/C(=O)C(C)(C)C)[nH]c2=O)ccc1OCC#N. The number of hydrogen-bond donors (Lipinski definition) is 1. The molecule has 1 N–H and O–H groups in total. The van der Waals surface area contributed by atoms with E-state index >= 15 is 0 Å². The lowest BCUT2D eigenvalue weighted by atomic mass is 9.91. The number of H-pyrrole nitrogens is 1. The van der Waals surface area contributed by atoms with Gasteiger partial charge in [-0.1, -0.05) is 26.8 Å². The van der Waals surface area contributed by atoms with Crippen LogP contribution in [0.25, 0.3) is 12.2 Å². The number of benzene rings is 1. The van der Waals surface area contributed by atoms with Gasteiger partial charge in [0.15, 0.2) is 23.9 Å². The summed E-state index contributed by atoms with van der Waals surface area (Å²) in [7, 11) is 1.50. The number of ketones is 1. The third-order valence-corrected chi connectivity index (χ3v) is 4.42. The number of aromatic amines is 1. The first-order valence-corrected chi connectivity index (χ1v) is 8.71. The van der Waals surface area contributed by atoms with Crippen LogP contribution in [-0.4, -0.2) is 24.5 Å². The van der Waals surface area contributed by atoms with Gasteiger partial charge in [0.2, 0.25) is 0 Å². The van der Waals surface area contributed by atoms with Gasteiger partial charge in [0.25, 0.3) is 5.56 Å². The largest absolute Gasteiger partial charge is 0.493 e. The summed E-state index contributed by atoms with van der Waals surface area (Å²) in [5, 5.41) is 8.60. The average molecular weight is 372 g/mol. The van der Waals surface area contributed by atoms with Gasteiger partial charge in [0, 0.05) is 11.5 Å². The first-order chi connectivity index (χ1) is 12.2. The number of ether oxygens (including phenoxy) is 2. The van der Waals surface area contributed by atoms with E-state index in [1.165, 1.54) is 24.5 Å². The number of carbonyl (C=O) groups excluding carboxylic acids is 1. The molecule has 136 valence electrons. The van der Waals surface area contributed by atoms with Gasteiger partial charge in [-0.3, -0.25) is 9.59 Å². The molecule has 1 heterocycles. The van der Waals surface area contributed by atoms with Crippen molar-refractivity contribution in [3.8, 4) is 17.6 Å². The molecular weight excluding hydrogens is 352 g/mol. The van der Waals surface area contributed by atoms with E-state index in [1.54, 1.807) is 24.3 Å². The number of rotatable bonds is 5. The predicted molar refractivity (Wildman–Crippen MR) is 101 cm³/mol. The van der Waals surface area contributed by atoms with E-state index in [0.29, 0.717) is 20.7 Å². The van der Waals surface area contributed by atoms with Crippen molar-refractivity contribution >= 4 is 29.3 Å². The summed E-state index contributed by atoms with van der Waals surface area (Å²) in [6.45, 7) is 5.40. The molecule has 0 unspecified atom stereocenters. The molecule has 0 aliphatic carbocycles. The van der Waals surface area contributed by atoms with Gasteiger partial charge in [-0.15, -0.1) is 11.3 Å². The van der Waals surface area contributed by atoms with Crippen molar-refractivity contribution in [2.45, 2.75) is 20.8 Å². The summed E-state index contributed by atoms with van der Waals surface area (Å²) in [5.41, 5.74) is -0.0175. The molecule has 0 atom stereocenters. The molecule has 2 rings (SSSR count). The minimum atomic E-state index is -0.503. The molecule has 6 nitrogen and oxygen atoms in total. The maximum absolute atomic E-state index is 12.1. The Morgan fingerprint density at radius 3 is 2.69 bits per heavy atom. The van der Waals surface area contributed by atoms with Gasteiger partial charge < -0.3 is 14.5 Å². The smallest absolute Gasteiger partial charge is 0.266 e. The number of carbonyl (C=O) groups is 1. The fourth-order valence-electron chi connectivity index (χ4n) is 2.01. The first kappa shape index (κ1) is 19.5. The molecule has 7 heteroatoms. The minimum absolute atomic E-state index is 0.0535. The van der Waals surface area contributed by atoms with E-state index in [1.807, 2.05) is 26.8 Å². The van der Waals surface area contributed by atoms with E-state index in [-0.39, 0.29) is 17.9 Å².